The van der Waals surface area contributed by atoms with Gasteiger partial charge >= 0.3 is 0 Å². The highest BCUT2D eigenvalue weighted by Gasteiger charge is 2.34. The molecule has 1 saturated carbocycles. The van der Waals surface area contributed by atoms with Crippen LogP contribution in [0.15, 0.2) is 12.1 Å². The molecule has 3 rings (SSSR count). The Balaban J connectivity index is 1.66. The summed E-state index contributed by atoms with van der Waals surface area (Å²) < 4.78 is 10.6. The molecule has 0 radical (unpaired) electrons. The molecular formula is C13H16ClNO2. The molecule has 1 fully saturated rings. The van der Waals surface area contributed by atoms with Crippen molar-refractivity contribution in [1.29, 1.82) is 0 Å². The van der Waals surface area contributed by atoms with Crippen molar-refractivity contribution >= 4 is 11.6 Å². The Labute approximate surface area is 106 Å². The van der Waals surface area contributed by atoms with Gasteiger partial charge in [-0.2, -0.15) is 0 Å². The van der Waals surface area contributed by atoms with Gasteiger partial charge < -0.3 is 14.8 Å². The minimum Gasteiger partial charge on any atom is -0.454 e. The predicted octanol–water partition coefficient (Wildman–Crippen LogP) is 2.96. The number of rotatable bonds is 4. The smallest absolute Gasteiger partial charge is 0.231 e. The second-order valence-corrected chi connectivity index (χ2v) is 5.11. The van der Waals surface area contributed by atoms with Gasteiger partial charge in [0.2, 0.25) is 6.79 Å². The summed E-state index contributed by atoms with van der Waals surface area (Å²) in [6.45, 7) is 3.35. The Kier molecular flexibility index (Phi) is 2.89. The molecule has 1 aromatic rings. The van der Waals surface area contributed by atoms with Gasteiger partial charge in [-0.15, -0.1) is 0 Å². The van der Waals surface area contributed by atoms with Gasteiger partial charge in [0.1, 0.15) is 0 Å². The van der Waals surface area contributed by atoms with E-state index in [4.69, 9.17) is 21.1 Å². The fourth-order valence-electron chi connectivity index (χ4n) is 2.32. The average molecular weight is 254 g/mol. The molecule has 1 N–H and O–H groups in total. The van der Waals surface area contributed by atoms with Crippen molar-refractivity contribution in [2.24, 2.45) is 5.92 Å². The molecule has 4 heteroatoms. The lowest BCUT2D eigenvalue weighted by atomic mass is 10.2. The fourth-order valence-corrected chi connectivity index (χ4v) is 2.61. The summed E-state index contributed by atoms with van der Waals surface area (Å²) in [5, 5.41) is 4.18. The van der Waals surface area contributed by atoms with Gasteiger partial charge in [0, 0.05) is 12.6 Å². The molecule has 0 spiro atoms. The van der Waals surface area contributed by atoms with Gasteiger partial charge in [-0.1, -0.05) is 24.9 Å². The van der Waals surface area contributed by atoms with Crippen molar-refractivity contribution in [2.75, 3.05) is 6.79 Å². The van der Waals surface area contributed by atoms with E-state index in [2.05, 4.69) is 12.2 Å². The van der Waals surface area contributed by atoms with E-state index in [1.165, 1.54) is 12.8 Å². The molecule has 0 bridgehead atoms. The molecular weight excluding hydrogens is 238 g/mol. The summed E-state index contributed by atoms with van der Waals surface area (Å²) >= 11 is 6.13. The summed E-state index contributed by atoms with van der Waals surface area (Å²) in [6, 6.07) is 4.64. The summed E-state index contributed by atoms with van der Waals surface area (Å²) in [6.07, 6.45) is 2.56. The van der Waals surface area contributed by atoms with Crippen LogP contribution in [0.4, 0.5) is 0 Å². The number of fused-ring (bicyclic) bond motifs is 1. The van der Waals surface area contributed by atoms with Crippen LogP contribution < -0.4 is 14.8 Å². The quantitative estimate of drug-likeness (QED) is 0.895. The summed E-state index contributed by atoms with van der Waals surface area (Å²) in [7, 11) is 0. The maximum absolute atomic E-state index is 6.13. The molecule has 1 aromatic carbocycles. The van der Waals surface area contributed by atoms with E-state index in [0.29, 0.717) is 16.8 Å². The zero-order valence-corrected chi connectivity index (χ0v) is 10.6. The summed E-state index contributed by atoms with van der Waals surface area (Å²) in [4.78, 5) is 0. The van der Waals surface area contributed by atoms with Crippen LogP contribution >= 0.6 is 11.6 Å². The second-order valence-electron chi connectivity index (χ2n) is 4.70. The number of halogens is 1. The van der Waals surface area contributed by atoms with Gasteiger partial charge in [-0.25, -0.2) is 0 Å². The van der Waals surface area contributed by atoms with E-state index in [9.17, 15) is 0 Å². The molecule has 2 unspecified atom stereocenters. The monoisotopic (exact) mass is 253 g/mol. The van der Waals surface area contributed by atoms with Crippen molar-refractivity contribution < 1.29 is 9.47 Å². The zero-order valence-electron chi connectivity index (χ0n) is 9.83. The molecule has 0 saturated heterocycles. The van der Waals surface area contributed by atoms with Crippen LogP contribution in [0.25, 0.3) is 0 Å². The summed E-state index contributed by atoms with van der Waals surface area (Å²) in [5.74, 6) is 2.30. The SMILES string of the molecule is CCC1CC1NCc1cc(Cl)c2c(c1)OCO2. The first-order valence-corrected chi connectivity index (χ1v) is 6.47. The molecule has 2 atom stereocenters. The maximum atomic E-state index is 6.13. The number of hydrogen-bond acceptors (Lipinski definition) is 3. The molecule has 1 aliphatic heterocycles. The van der Waals surface area contributed by atoms with E-state index in [1.807, 2.05) is 12.1 Å². The van der Waals surface area contributed by atoms with Crippen LogP contribution in [0.3, 0.4) is 0 Å². The maximum Gasteiger partial charge on any atom is 0.231 e. The van der Waals surface area contributed by atoms with Crippen LogP contribution in [-0.4, -0.2) is 12.8 Å². The first-order chi connectivity index (χ1) is 8.28. The van der Waals surface area contributed by atoms with Crippen molar-refractivity contribution in [1.82, 2.24) is 5.32 Å². The van der Waals surface area contributed by atoms with Gasteiger partial charge in [-0.05, 0) is 30.0 Å². The Morgan fingerprint density at radius 3 is 3.06 bits per heavy atom. The molecule has 17 heavy (non-hydrogen) atoms. The lowest BCUT2D eigenvalue weighted by Crippen LogP contribution is -2.17. The first kappa shape index (κ1) is 11.2. The van der Waals surface area contributed by atoms with Crippen LogP contribution in [0, 0.1) is 5.92 Å². The summed E-state index contributed by atoms with van der Waals surface area (Å²) in [5.41, 5.74) is 1.15. The lowest BCUT2D eigenvalue weighted by Gasteiger charge is -2.06. The Morgan fingerprint density at radius 2 is 2.29 bits per heavy atom. The van der Waals surface area contributed by atoms with Gasteiger partial charge in [0.05, 0.1) is 5.02 Å². The minimum atomic E-state index is 0.270. The number of ether oxygens (including phenoxy) is 2. The lowest BCUT2D eigenvalue weighted by molar-refractivity contribution is 0.174. The van der Waals surface area contributed by atoms with Crippen molar-refractivity contribution in [3.05, 3.63) is 22.7 Å². The Morgan fingerprint density at radius 1 is 1.41 bits per heavy atom. The minimum absolute atomic E-state index is 0.270. The highest BCUT2D eigenvalue weighted by Crippen LogP contribution is 2.40. The predicted molar refractivity (Wildman–Crippen MR) is 66.6 cm³/mol. The number of benzene rings is 1. The molecule has 3 nitrogen and oxygen atoms in total. The van der Waals surface area contributed by atoms with Crippen LogP contribution in [-0.2, 0) is 6.54 Å². The van der Waals surface area contributed by atoms with E-state index in [-0.39, 0.29) is 6.79 Å². The third kappa shape index (κ3) is 2.22. The van der Waals surface area contributed by atoms with E-state index in [1.54, 1.807) is 0 Å². The van der Waals surface area contributed by atoms with Gasteiger partial charge in [0.25, 0.3) is 0 Å². The first-order valence-electron chi connectivity index (χ1n) is 6.09. The van der Waals surface area contributed by atoms with E-state index >= 15 is 0 Å². The molecule has 2 aliphatic rings. The van der Waals surface area contributed by atoms with Crippen LogP contribution in [0.1, 0.15) is 25.3 Å². The van der Waals surface area contributed by atoms with Crippen LogP contribution in [0.2, 0.25) is 5.02 Å². The van der Waals surface area contributed by atoms with Gasteiger partial charge in [-0.3, -0.25) is 0 Å². The van der Waals surface area contributed by atoms with Crippen molar-refractivity contribution in [3.63, 3.8) is 0 Å². The normalized spacial score (nSPS) is 25.1. The largest absolute Gasteiger partial charge is 0.454 e. The molecule has 1 heterocycles. The number of nitrogens with one attached hydrogen (secondary N) is 1. The van der Waals surface area contributed by atoms with Crippen molar-refractivity contribution in [2.45, 2.75) is 32.4 Å². The molecule has 0 amide bonds. The molecule has 1 aliphatic carbocycles. The number of hydrogen-bond donors (Lipinski definition) is 1. The Bertz CT molecular complexity index is 436. The van der Waals surface area contributed by atoms with Crippen LogP contribution in [0.5, 0.6) is 11.5 Å². The van der Waals surface area contributed by atoms with Gasteiger partial charge in [0.15, 0.2) is 11.5 Å². The van der Waals surface area contributed by atoms with Crippen molar-refractivity contribution in [3.8, 4) is 11.5 Å². The van der Waals surface area contributed by atoms with E-state index < -0.39 is 0 Å². The average Bonchev–Trinajstić information content (AvgIpc) is 2.93. The zero-order chi connectivity index (χ0) is 11.8. The standard InChI is InChI=1S/C13H16ClNO2/c1-2-9-5-11(9)15-6-8-3-10(14)13-12(4-8)16-7-17-13/h3-4,9,11,15H,2,5-7H2,1H3. The highest BCUT2D eigenvalue weighted by molar-refractivity contribution is 6.32. The topological polar surface area (TPSA) is 30.5 Å². The second kappa shape index (κ2) is 4.39. The molecule has 0 aromatic heterocycles. The Hall–Kier alpha value is -0.930. The highest BCUT2D eigenvalue weighted by atomic mass is 35.5. The third-order valence-electron chi connectivity index (χ3n) is 3.50. The third-order valence-corrected chi connectivity index (χ3v) is 3.78. The van der Waals surface area contributed by atoms with E-state index in [0.717, 1.165) is 23.8 Å². The fraction of sp³-hybridized carbons (Fsp3) is 0.538. The molecule has 92 valence electrons.